The van der Waals surface area contributed by atoms with E-state index in [4.69, 9.17) is 0 Å². The van der Waals surface area contributed by atoms with Crippen molar-refractivity contribution in [2.45, 2.75) is 51.1 Å². The van der Waals surface area contributed by atoms with Gasteiger partial charge in [0, 0.05) is 30.5 Å². The zero-order valence-electron chi connectivity index (χ0n) is 12.1. The number of carbonyl (C=O) groups excluding carboxylic acids is 1. The van der Waals surface area contributed by atoms with Crippen molar-refractivity contribution in [3.8, 4) is 0 Å². The van der Waals surface area contributed by atoms with Crippen molar-refractivity contribution in [1.29, 1.82) is 0 Å². The van der Waals surface area contributed by atoms with Crippen molar-refractivity contribution in [3.63, 3.8) is 0 Å². The first-order valence-corrected chi connectivity index (χ1v) is 7.71. The van der Waals surface area contributed by atoms with Crippen LogP contribution in [0.4, 0.5) is 0 Å². The quantitative estimate of drug-likeness (QED) is 0.914. The van der Waals surface area contributed by atoms with Crippen LogP contribution in [0.1, 0.15) is 48.2 Å². The molecule has 1 atom stereocenters. The summed E-state index contributed by atoms with van der Waals surface area (Å²) in [6.07, 6.45) is 7.76. The van der Waals surface area contributed by atoms with Crippen LogP contribution in [0, 0.1) is 6.92 Å². The molecule has 20 heavy (non-hydrogen) atoms. The molecule has 1 N–H and O–H groups in total. The van der Waals surface area contributed by atoms with Gasteiger partial charge < -0.3 is 10.2 Å². The Kier molecular flexibility index (Phi) is 4.01. The molecule has 0 radical (unpaired) electrons. The summed E-state index contributed by atoms with van der Waals surface area (Å²) in [4.78, 5) is 19.1. The zero-order chi connectivity index (χ0) is 13.9. The molecule has 4 heteroatoms. The van der Waals surface area contributed by atoms with Crippen LogP contribution in [-0.2, 0) is 0 Å². The number of amides is 1. The largest absolute Gasteiger partial charge is 0.334 e. The molecule has 2 fully saturated rings. The summed E-state index contributed by atoms with van der Waals surface area (Å²) in [5.41, 5.74) is 1.59. The summed E-state index contributed by atoms with van der Waals surface area (Å²) in [6, 6.07) is 4.66. The van der Waals surface area contributed by atoms with Crippen LogP contribution in [0.3, 0.4) is 0 Å². The standard InChI is InChI=1S/C16H23N3O/c1-12-15(6-4-10-17-12)16(20)19(14-7-8-14)11-13-5-2-3-9-18-13/h4,6,10,13-14,18H,2-3,5,7-9,11H2,1H3. The first kappa shape index (κ1) is 13.6. The number of nitrogens with zero attached hydrogens (tertiary/aromatic N) is 2. The summed E-state index contributed by atoms with van der Waals surface area (Å²) in [7, 11) is 0. The maximum Gasteiger partial charge on any atom is 0.255 e. The Morgan fingerprint density at radius 3 is 2.90 bits per heavy atom. The average Bonchev–Trinajstić information content (AvgIpc) is 3.30. The Bertz CT molecular complexity index is 478. The number of rotatable bonds is 4. The van der Waals surface area contributed by atoms with Gasteiger partial charge in [0.1, 0.15) is 0 Å². The fraction of sp³-hybridized carbons (Fsp3) is 0.625. The first-order chi connectivity index (χ1) is 9.75. The number of aryl methyl sites for hydroxylation is 1. The van der Waals surface area contributed by atoms with E-state index in [1.165, 1.54) is 19.3 Å². The van der Waals surface area contributed by atoms with Crippen LogP contribution in [-0.4, -0.2) is 41.0 Å². The molecule has 1 saturated heterocycles. The molecule has 4 nitrogen and oxygen atoms in total. The molecule has 0 bridgehead atoms. The van der Waals surface area contributed by atoms with E-state index in [1.54, 1.807) is 6.20 Å². The van der Waals surface area contributed by atoms with Crippen molar-refractivity contribution < 1.29 is 4.79 Å². The molecule has 2 aliphatic rings. The van der Waals surface area contributed by atoms with E-state index in [0.29, 0.717) is 12.1 Å². The van der Waals surface area contributed by atoms with Gasteiger partial charge in [-0.05, 0) is 51.3 Å². The second-order valence-corrected chi connectivity index (χ2v) is 5.97. The molecular weight excluding hydrogens is 250 g/mol. The Morgan fingerprint density at radius 1 is 1.40 bits per heavy atom. The van der Waals surface area contributed by atoms with Crippen molar-refractivity contribution in [1.82, 2.24) is 15.2 Å². The monoisotopic (exact) mass is 273 g/mol. The molecular formula is C16H23N3O. The number of carbonyl (C=O) groups is 1. The maximum absolute atomic E-state index is 12.8. The van der Waals surface area contributed by atoms with Crippen LogP contribution in [0.2, 0.25) is 0 Å². The molecule has 1 aromatic rings. The highest BCUT2D eigenvalue weighted by Gasteiger charge is 2.35. The topological polar surface area (TPSA) is 45.2 Å². The third kappa shape index (κ3) is 3.01. The lowest BCUT2D eigenvalue weighted by Gasteiger charge is -2.31. The minimum Gasteiger partial charge on any atom is -0.334 e. The van der Waals surface area contributed by atoms with Gasteiger partial charge in [0.15, 0.2) is 0 Å². The van der Waals surface area contributed by atoms with Crippen LogP contribution in [0.5, 0.6) is 0 Å². The van der Waals surface area contributed by atoms with Crippen LogP contribution in [0.25, 0.3) is 0 Å². The van der Waals surface area contributed by atoms with Gasteiger partial charge in [-0.2, -0.15) is 0 Å². The first-order valence-electron chi connectivity index (χ1n) is 7.71. The molecule has 1 unspecified atom stereocenters. The van der Waals surface area contributed by atoms with E-state index in [1.807, 2.05) is 19.1 Å². The molecule has 1 aliphatic carbocycles. The fourth-order valence-electron chi connectivity index (χ4n) is 2.97. The van der Waals surface area contributed by atoms with Gasteiger partial charge in [0.25, 0.3) is 5.91 Å². The van der Waals surface area contributed by atoms with Gasteiger partial charge in [-0.3, -0.25) is 9.78 Å². The molecule has 1 aliphatic heterocycles. The third-order valence-electron chi connectivity index (χ3n) is 4.32. The normalized spacial score (nSPS) is 22.6. The van der Waals surface area contributed by atoms with Crippen LogP contribution < -0.4 is 5.32 Å². The van der Waals surface area contributed by atoms with Crippen molar-refractivity contribution in [2.75, 3.05) is 13.1 Å². The SMILES string of the molecule is Cc1ncccc1C(=O)N(CC1CCCCN1)C1CC1. The second kappa shape index (κ2) is 5.92. The summed E-state index contributed by atoms with van der Waals surface area (Å²) in [5, 5.41) is 3.54. The van der Waals surface area contributed by atoms with E-state index in [-0.39, 0.29) is 5.91 Å². The molecule has 108 valence electrons. The molecule has 0 aromatic carbocycles. The molecule has 1 saturated carbocycles. The highest BCUT2D eigenvalue weighted by atomic mass is 16.2. The van der Waals surface area contributed by atoms with Crippen molar-refractivity contribution in [3.05, 3.63) is 29.6 Å². The molecule has 1 amide bonds. The van der Waals surface area contributed by atoms with E-state index >= 15 is 0 Å². The zero-order valence-corrected chi connectivity index (χ0v) is 12.1. The van der Waals surface area contributed by atoms with Gasteiger partial charge in [-0.25, -0.2) is 0 Å². The number of nitrogens with one attached hydrogen (secondary N) is 1. The summed E-state index contributed by atoms with van der Waals surface area (Å²) in [6.45, 7) is 3.85. The Hall–Kier alpha value is -1.42. The number of pyridine rings is 1. The highest BCUT2D eigenvalue weighted by molar-refractivity contribution is 5.95. The molecule has 3 rings (SSSR count). The van der Waals surface area contributed by atoms with Gasteiger partial charge >= 0.3 is 0 Å². The number of hydrogen-bond acceptors (Lipinski definition) is 3. The predicted octanol–water partition coefficient (Wildman–Crippen LogP) is 2.14. The van der Waals surface area contributed by atoms with Gasteiger partial charge in [0.05, 0.1) is 5.56 Å². The maximum atomic E-state index is 12.8. The number of piperidine rings is 1. The smallest absolute Gasteiger partial charge is 0.255 e. The van der Waals surface area contributed by atoms with E-state index in [2.05, 4.69) is 15.2 Å². The minimum absolute atomic E-state index is 0.158. The molecule has 0 spiro atoms. The lowest BCUT2D eigenvalue weighted by Crippen LogP contribution is -2.46. The van der Waals surface area contributed by atoms with Crippen molar-refractivity contribution >= 4 is 5.91 Å². The van der Waals surface area contributed by atoms with Crippen LogP contribution >= 0.6 is 0 Å². The van der Waals surface area contributed by atoms with Gasteiger partial charge in [-0.15, -0.1) is 0 Å². The fourth-order valence-corrected chi connectivity index (χ4v) is 2.97. The van der Waals surface area contributed by atoms with E-state index in [0.717, 1.165) is 37.2 Å². The predicted molar refractivity (Wildman–Crippen MR) is 78.7 cm³/mol. The van der Waals surface area contributed by atoms with Gasteiger partial charge in [0.2, 0.25) is 0 Å². The molecule has 1 aromatic heterocycles. The lowest BCUT2D eigenvalue weighted by molar-refractivity contribution is 0.0716. The Balaban J connectivity index is 1.73. The lowest BCUT2D eigenvalue weighted by atomic mass is 10.0. The summed E-state index contributed by atoms with van der Waals surface area (Å²) in [5.74, 6) is 0.158. The highest BCUT2D eigenvalue weighted by Crippen LogP contribution is 2.29. The van der Waals surface area contributed by atoms with E-state index in [9.17, 15) is 4.79 Å². The average molecular weight is 273 g/mol. The summed E-state index contributed by atoms with van der Waals surface area (Å²) >= 11 is 0. The van der Waals surface area contributed by atoms with Gasteiger partial charge in [-0.1, -0.05) is 6.42 Å². The number of hydrogen-bond donors (Lipinski definition) is 1. The second-order valence-electron chi connectivity index (χ2n) is 5.97. The Morgan fingerprint density at radius 2 is 2.25 bits per heavy atom. The van der Waals surface area contributed by atoms with E-state index < -0.39 is 0 Å². The minimum atomic E-state index is 0.158. The third-order valence-corrected chi connectivity index (χ3v) is 4.32. The summed E-state index contributed by atoms with van der Waals surface area (Å²) < 4.78 is 0. The Labute approximate surface area is 120 Å². The number of aromatic nitrogens is 1. The van der Waals surface area contributed by atoms with Crippen LogP contribution in [0.15, 0.2) is 18.3 Å². The molecule has 2 heterocycles. The van der Waals surface area contributed by atoms with Crippen molar-refractivity contribution in [2.24, 2.45) is 0 Å².